The van der Waals surface area contributed by atoms with Gasteiger partial charge in [-0.3, -0.25) is 5.32 Å². The van der Waals surface area contributed by atoms with Gasteiger partial charge in [0.25, 0.3) is 0 Å². The fourth-order valence-electron chi connectivity index (χ4n) is 0.903. The quantitative estimate of drug-likeness (QED) is 0.604. The second kappa shape index (κ2) is 8.11. The van der Waals surface area contributed by atoms with Crippen molar-refractivity contribution in [3.63, 3.8) is 0 Å². The second-order valence-corrected chi connectivity index (χ2v) is 2.70. The largest absolute Gasteiger partial charge is 0.465 e. The fraction of sp³-hybridized carbons (Fsp3) is 0.667. The highest BCUT2D eigenvalue weighted by Gasteiger charge is 1.86. The van der Waals surface area contributed by atoms with Crippen LogP contribution in [0.2, 0.25) is 0 Å². The fourth-order valence-corrected chi connectivity index (χ4v) is 0.903. The third kappa shape index (κ3) is 9.01. The van der Waals surface area contributed by atoms with Gasteiger partial charge in [-0.1, -0.05) is 32.3 Å². The lowest BCUT2D eigenvalue weighted by atomic mass is 10.1. The molecule has 0 aliphatic heterocycles. The van der Waals surface area contributed by atoms with E-state index in [1.54, 1.807) is 0 Å². The van der Waals surface area contributed by atoms with E-state index in [4.69, 9.17) is 5.11 Å². The van der Waals surface area contributed by atoms with Crippen LogP contribution in [0.15, 0.2) is 12.3 Å². The van der Waals surface area contributed by atoms with E-state index in [0.717, 1.165) is 12.8 Å². The molecule has 0 fully saturated rings. The van der Waals surface area contributed by atoms with Gasteiger partial charge in [-0.25, -0.2) is 4.79 Å². The van der Waals surface area contributed by atoms with Crippen LogP contribution in [0, 0.1) is 0 Å². The SMILES string of the molecule is CCCCCC/C=C/NC(=O)O. The van der Waals surface area contributed by atoms with Crippen molar-refractivity contribution in [2.45, 2.75) is 39.0 Å². The molecular formula is C9H17NO2. The van der Waals surface area contributed by atoms with Crippen LogP contribution in [0.1, 0.15) is 39.0 Å². The van der Waals surface area contributed by atoms with E-state index in [2.05, 4.69) is 12.2 Å². The summed E-state index contributed by atoms with van der Waals surface area (Å²) in [6.45, 7) is 2.17. The van der Waals surface area contributed by atoms with Crippen molar-refractivity contribution in [1.29, 1.82) is 0 Å². The van der Waals surface area contributed by atoms with E-state index in [1.165, 1.54) is 25.5 Å². The molecule has 12 heavy (non-hydrogen) atoms. The predicted octanol–water partition coefficient (Wildman–Crippen LogP) is 2.74. The highest BCUT2D eigenvalue weighted by atomic mass is 16.4. The summed E-state index contributed by atoms with van der Waals surface area (Å²) in [5.41, 5.74) is 0. The Hall–Kier alpha value is -0.990. The van der Waals surface area contributed by atoms with Crippen LogP contribution in [0.25, 0.3) is 0 Å². The summed E-state index contributed by atoms with van der Waals surface area (Å²) >= 11 is 0. The van der Waals surface area contributed by atoms with Crippen molar-refractivity contribution in [3.05, 3.63) is 12.3 Å². The van der Waals surface area contributed by atoms with Crippen LogP contribution in [-0.4, -0.2) is 11.2 Å². The van der Waals surface area contributed by atoms with Crippen molar-refractivity contribution in [2.24, 2.45) is 0 Å². The maximum Gasteiger partial charge on any atom is 0.408 e. The lowest BCUT2D eigenvalue weighted by molar-refractivity contribution is 0.198. The molecular weight excluding hydrogens is 154 g/mol. The van der Waals surface area contributed by atoms with Crippen LogP contribution in [-0.2, 0) is 0 Å². The molecule has 0 radical (unpaired) electrons. The first-order valence-corrected chi connectivity index (χ1v) is 4.42. The molecule has 0 unspecified atom stereocenters. The summed E-state index contributed by atoms with van der Waals surface area (Å²) in [6.07, 6.45) is 8.16. The Morgan fingerprint density at radius 2 is 2.17 bits per heavy atom. The number of rotatable bonds is 6. The van der Waals surface area contributed by atoms with Gasteiger partial charge in [0.15, 0.2) is 0 Å². The lowest BCUT2D eigenvalue weighted by Crippen LogP contribution is -2.12. The molecule has 0 saturated heterocycles. The minimum absolute atomic E-state index is 0.959. The smallest absolute Gasteiger partial charge is 0.408 e. The van der Waals surface area contributed by atoms with E-state index >= 15 is 0 Å². The molecule has 0 atom stereocenters. The molecule has 3 heteroatoms. The Morgan fingerprint density at radius 3 is 2.75 bits per heavy atom. The van der Waals surface area contributed by atoms with Crippen LogP contribution in [0.3, 0.4) is 0 Å². The number of allylic oxidation sites excluding steroid dienone is 1. The maximum absolute atomic E-state index is 9.97. The van der Waals surface area contributed by atoms with E-state index < -0.39 is 6.09 Å². The molecule has 1 amide bonds. The van der Waals surface area contributed by atoms with Gasteiger partial charge in [0.1, 0.15) is 0 Å². The van der Waals surface area contributed by atoms with Gasteiger partial charge >= 0.3 is 6.09 Å². The minimum Gasteiger partial charge on any atom is -0.465 e. The van der Waals surface area contributed by atoms with Crippen LogP contribution < -0.4 is 5.32 Å². The zero-order chi connectivity index (χ0) is 9.23. The second-order valence-electron chi connectivity index (χ2n) is 2.70. The van der Waals surface area contributed by atoms with E-state index in [-0.39, 0.29) is 0 Å². The van der Waals surface area contributed by atoms with Gasteiger partial charge in [-0.05, 0) is 12.8 Å². The summed E-state index contributed by atoms with van der Waals surface area (Å²) < 4.78 is 0. The monoisotopic (exact) mass is 171 g/mol. The summed E-state index contributed by atoms with van der Waals surface area (Å²) in [5.74, 6) is 0. The van der Waals surface area contributed by atoms with Gasteiger partial charge in [-0.15, -0.1) is 0 Å². The average molecular weight is 171 g/mol. The third-order valence-electron chi connectivity index (χ3n) is 1.55. The number of carboxylic acid groups (broad SMARTS) is 1. The summed E-state index contributed by atoms with van der Waals surface area (Å²) in [7, 11) is 0. The highest BCUT2D eigenvalue weighted by Crippen LogP contribution is 2.02. The molecule has 0 spiro atoms. The van der Waals surface area contributed by atoms with Gasteiger partial charge in [0, 0.05) is 6.20 Å². The predicted molar refractivity (Wildman–Crippen MR) is 49.1 cm³/mol. The Balaban J connectivity index is 3.08. The van der Waals surface area contributed by atoms with Gasteiger partial charge < -0.3 is 5.11 Å². The van der Waals surface area contributed by atoms with E-state index in [0.29, 0.717) is 0 Å². The van der Waals surface area contributed by atoms with Crippen molar-refractivity contribution < 1.29 is 9.90 Å². The molecule has 70 valence electrons. The maximum atomic E-state index is 9.97. The van der Waals surface area contributed by atoms with Crippen molar-refractivity contribution in [2.75, 3.05) is 0 Å². The summed E-state index contributed by atoms with van der Waals surface area (Å²) in [4.78, 5) is 9.97. The van der Waals surface area contributed by atoms with Gasteiger partial charge in [-0.2, -0.15) is 0 Å². The van der Waals surface area contributed by atoms with Gasteiger partial charge in [0.05, 0.1) is 0 Å². The average Bonchev–Trinajstić information content (AvgIpc) is 2.02. The number of amides is 1. The minimum atomic E-state index is -1.00. The number of hydrogen-bond acceptors (Lipinski definition) is 1. The summed E-state index contributed by atoms with van der Waals surface area (Å²) in [6, 6.07) is 0. The van der Waals surface area contributed by atoms with Crippen LogP contribution in [0.5, 0.6) is 0 Å². The summed E-state index contributed by atoms with van der Waals surface area (Å²) in [5, 5.41) is 10.4. The Kier molecular flexibility index (Phi) is 7.44. The van der Waals surface area contributed by atoms with E-state index in [9.17, 15) is 4.79 Å². The molecule has 0 aromatic rings. The van der Waals surface area contributed by atoms with Crippen LogP contribution >= 0.6 is 0 Å². The third-order valence-corrected chi connectivity index (χ3v) is 1.55. The molecule has 0 aromatic carbocycles. The highest BCUT2D eigenvalue weighted by molar-refractivity contribution is 5.65. The standard InChI is InChI=1S/C9H17NO2/c1-2-3-4-5-6-7-8-10-9(11)12/h7-8,10H,2-6H2,1H3,(H,11,12)/b8-7+. The molecule has 0 heterocycles. The number of nitrogens with one attached hydrogen (secondary N) is 1. The number of carbonyl (C=O) groups is 1. The molecule has 0 rings (SSSR count). The molecule has 0 aromatic heterocycles. The molecule has 0 bridgehead atoms. The van der Waals surface area contributed by atoms with Crippen molar-refractivity contribution in [1.82, 2.24) is 5.32 Å². The first-order chi connectivity index (χ1) is 5.77. The van der Waals surface area contributed by atoms with Crippen molar-refractivity contribution >= 4 is 6.09 Å². The van der Waals surface area contributed by atoms with E-state index in [1.807, 2.05) is 6.08 Å². The Morgan fingerprint density at radius 1 is 1.42 bits per heavy atom. The topological polar surface area (TPSA) is 49.3 Å². The Labute approximate surface area is 73.5 Å². The zero-order valence-corrected chi connectivity index (χ0v) is 7.55. The molecule has 2 N–H and O–H groups in total. The number of unbranched alkanes of at least 4 members (excludes halogenated alkanes) is 4. The zero-order valence-electron chi connectivity index (χ0n) is 7.55. The lowest BCUT2D eigenvalue weighted by Gasteiger charge is -1.94. The molecule has 3 nitrogen and oxygen atoms in total. The first kappa shape index (κ1) is 11.0. The first-order valence-electron chi connectivity index (χ1n) is 4.42. The molecule has 0 aliphatic carbocycles. The Bertz CT molecular complexity index is 143. The molecule has 0 saturated carbocycles. The normalized spacial score (nSPS) is 10.4. The van der Waals surface area contributed by atoms with Crippen LogP contribution in [0.4, 0.5) is 4.79 Å². The number of hydrogen-bond donors (Lipinski definition) is 2. The molecule has 0 aliphatic rings. The van der Waals surface area contributed by atoms with Crippen molar-refractivity contribution in [3.8, 4) is 0 Å². The van der Waals surface area contributed by atoms with Gasteiger partial charge in [0.2, 0.25) is 0 Å².